The van der Waals surface area contributed by atoms with E-state index in [1.165, 1.54) is 5.56 Å². The monoisotopic (exact) mass is 277 g/mol. The van der Waals surface area contributed by atoms with Crippen molar-refractivity contribution in [2.75, 3.05) is 40.8 Å². The Morgan fingerprint density at radius 2 is 1.95 bits per heavy atom. The fourth-order valence-electron chi connectivity index (χ4n) is 2.82. The summed E-state index contributed by atoms with van der Waals surface area (Å²) in [6, 6.07) is 8.98. The van der Waals surface area contributed by atoms with Crippen molar-refractivity contribution in [3.8, 4) is 5.75 Å². The molecule has 4 nitrogen and oxygen atoms in total. The Kier molecular flexibility index (Phi) is 5.40. The van der Waals surface area contributed by atoms with Crippen molar-refractivity contribution in [3.05, 3.63) is 29.8 Å². The molecule has 1 aromatic rings. The molecule has 1 aliphatic heterocycles. The topological polar surface area (TPSA) is 41.7 Å². The molecule has 1 heterocycles. The molecule has 0 radical (unpaired) electrons. The van der Waals surface area contributed by atoms with Crippen LogP contribution in [0.2, 0.25) is 0 Å². The minimum atomic E-state index is 0.227. The number of nitrogens with zero attached hydrogens (tertiary/aromatic N) is 2. The second-order valence-electron chi connectivity index (χ2n) is 5.86. The summed E-state index contributed by atoms with van der Waals surface area (Å²) in [5.74, 6) is 0.909. The van der Waals surface area contributed by atoms with Gasteiger partial charge in [-0.2, -0.15) is 0 Å². The lowest BCUT2D eigenvalue weighted by Crippen LogP contribution is -2.57. The van der Waals surface area contributed by atoms with E-state index in [0.29, 0.717) is 6.04 Å². The van der Waals surface area contributed by atoms with Gasteiger partial charge in [-0.1, -0.05) is 12.1 Å². The molecule has 112 valence electrons. The van der Waals surface area contributed by atoms with E-state index in [-0.39, 0.29) is 6.04 Å². The van der Waals surface area contributed by atoms with Crippen LogP contribution in [0, 0.1) is 0 Å². The molecule has 20 heavy (non-hydrogen) atoms. The molecule has 1 aliphatic rings. The van der Waals surface area contributed by atoms with Crippen molar-refractivity contribution in [1.82, 2.24) is 9.80 Å². The summed E-state index contributed by atoms with van der Waals surface area (Å²) in [5.41, 5.74) is 7.74. The van der Waals surface area contributed by atoms with Crippen LogP contribution in [0.5, 0.6) is 5.75 Å². The molecule has 2 rings (SSSR count). The number of rotatable bonds is 5. The number of piperazine rings is 1. The first-order valence-electron chi connectivity index (χ1n) is 7.37. The number of hydrogen-bond acceptors (Lipinski definition) is 4. The fourth-order valence-corrected chi connectivity index (χ4v) is 2.82. The summed E-state index contributed by atoms with van der Waals surface area (Å²) in [6.07, 6.45) is 2.05. The van der Waals surface area contributed by atoms with E-state index >= 15 is 0 Å². The largest absolute Gasteiger partial charge is 0.497 e. The van der Waals surface area contributed by atoms with Crippen LogP contribution < -0.4 is 10.5 Å². The zero-order valence-electron chi connectivity index (χ0n) is 12.9. The molecule has 2 unspecified atom stereocenters. The second-order valence-corrected chi connectivity index (χ2v) is 5.86. The van der Waals surface area contributed by atoms with Crippen LogP contribution in [-0.2, 0) is 6.42 Å². The third-order valence-corrected chi connectivity index (χ3v) is 4.32. The molecule has 2 N–H and O–H groups in total. The maximum absolute atomic E-state index is 6.41. The standard InChI is InChI=1S/C16H27N3O/c1-18-10-11-19(2)16(12-18)15(17)9-6-13-4-7-14(20-3)8-5-13/h4-5,7-8,15-16H,6,9-12,17H2,1-3H3. The average molecular weight is 277 g/mol. The number of hydrogen-bond donors (Lipinski definition) is 1. The molecule has 0 bridgehead atoms. The van der Waals surface area contributed by atoms with Gasteiger partial charge in [-0.15, -0.1) is 0 Å². The predicted molar refractivity (Wildman–Crippen MR) is 83.2 cm³/mol. The van der Waals surface area contributed by atoms with E-state index in [1.807, 2.05) is 12.1 Å². The Bertz CT molecular complexity index is 407. The summed E-state index contributed by atoms with van der Waals surface area (Å²) in [4.78, 5) is 4.77. The Labute approximate surface area is 122 Å². The second kappa shape index (κ2) is 7.07. The first-order chi connectivity index (χ1) is 9.60. The minimum absolute atomic E-state index is 0.227. The molecular formula is C16H27N3O. The highest BCUT2D eigenvalue weighted by Crippen LogP contribution is 2.16. The van der Waals surface area contributed by atoms with Crippen molar-refractivity contribution in [1.29, 1.82) is 0 Å². The SMILES string of the molecule is COc1ccc(CCC(N)C2CN(C)CCN2C)cc1. The zero-order valence-corrected chi connectivity index (χ0v) is 12.9. The maximum atomic E-state index is 6.41. The van der Waals surface area contributed by atoms with E-state index in [0.717, 1.165) is 38.2 Å². The van der Waals surface area contributed by atoms with E-state index in [4.69, 9.17) is 10.5 Å². The summed E-state index contributed by atoms with van der Waals surface area (Å²) >= 11 is 0. The molecule has 2 atom stereocenters. The Hall–Kier alpha value is -1.10. The quantitative estimate of drug-likeness (QED) is 0.878. The summed E-state index contributed by atoms with van der Waals surface area (Å²) in [5, 5.41) is 0. The third-order valence-electron chi connectivity index (χ3n) is 4.32. The smallest absolute Gasteiger partial charge is 0.118 e. The number of benzene rings is 1. The van der Waals surface area contributed by atoms with Gasteiger partial charge in [0.25, 0.3) is 0 Å². The molecule has 0 saturated carbocycles. The van der Waals surface area contributed by atoms with Crippen LogP contribution in [0.3, 0.4) is 0 Å². The maximum Gasteiger partial charge on any atom is 0.118 e. The van der Waals surface area contributed by atoms with Crippen LogP contribution in [0.1, 0.15) is 12.0 Å². The van der Waals surface area contributed by atoms with Crippen molar-refractivity contribution >= 4 is 0 Å². The zero-order chi connectivity index (χ0) is 14.5. The molecule has 1 saturated heterocycles. The Balaban J connectivity index is 1.85. The van der Waals surface area contributed by atoms with Crippen LogP contribution in [-0.4, -0.2) is 62.7 Å². The lowest BCUT2D eigenvalue weighted by molar-refractivity contribution is 0.0954. The van der Waals surface area contributed by atoms with Gasteiger partial charge in [-0.05, 0) is 44.6 Å². The summed E-state index contributed by atoms with van der Waals surface area (Å²) in [7, 11) is 6.06. The van der Waals surface area contributed by atoms with E-state index < -0.39 is 0 Å². The fraction of sp³-hybridized carbons (Fsp3) is 0.625. The highest BCUT2D eigenvalue weighted by molar-refractivity contribution is 5.27. The van der Waals surface area contributed by atoms with Gasteiger partial charge in [0, 0.05) is 31.7 Å². The highest BCUT2D eigenvalue weighted by atomic mass is 16.5. The summed E-state index contributed by atoms with van der Waals surface area (Å²) < 4.78 is 5.18. The Morgan fingerprint density at radius 1 is 1.25 bits per heavy atom. The average Bonchev–Trinajstić information content (AvgIpc) is 2.47. The van der Waals surface area contributed by atoms with Gasteiger partial charge in [0.15, 0.2) is 0 Å². The van der Waals surface area contributed by atoms with E-state index in [9.17, 15) is 0 Å². The first-order valence-corrected chi connectivity index (χ1v) is 7.37. The van der Waals surface area contributed by atoms with Gasteiger partial charge < -0.3 is 15.4 Å². The number of aryl methyl sites for hydroxylation is 1. The van der Waals surface area contributed by atoms with Gasteiger partial charge in [-0.25, -0.2) is 0 Å². The molecule has 1 aromatic carbocycles. The highest BCUT2D eigenvalue weighted by Gasteiger charge is 2.27. The molecular weight excluding hydrogens is 250 g/mol. The molecule has 1 fully saturated rings. The van der Waals surface area contributed by atoms with Gasteiger partial charge in [0.1, 0.15) is 5.75 Å². The number of likely N-dealkylation sites (N-methyl/N-ethyl adjacent to an activating group) is 2. The van der Waals surface area contributed by atoms with Crippen molar-refractivity contribution in [2.45, 2.75) is 24.9 Å². The minimum Gasteiger partial charge on any atom is -0.497 e. The van der Waals surface area contributed by atoms with Gasteiger partial charge in [0.05, 0.1) is 7.11 Å². The molecule has 0 spiro atoms. The van der Waals surface area contributed by atoms with Gasteiger partial charge in [-0.3, -0.25) is 4.90 Å². The van der Waals surface area contributed by atoms with Crippen molar-refractivity contribution < 1.29 is 4.74 Å². The van der Waals surface area contributed by atoms with Gasteiger partial charge >= 0.3 is 0 Å². The lowest BCUT2D eigenvalue weighted by atomic mass is 9.97. The van der Waals surface area contributed by atoms with Gasteiger partial charge in [0.2, 0.25) is 0 Å². The number of ether oxygens (including phenoxy) is 1. The van der Waals surface area contributed by atoms with Crippen molar-refractivity contribution in [2.24, 2.45) is 5.73 Å². The van der Waals surface area contributed by atoms with Crippen LogP contribution in [0.15, 0.2) is 24.3 Å². The lowest BCUT2D eigenvalue weighted by Gasteiger charge is -2.40. The third kappa shape index (κ3) is 3.95. The van der Waals surface area contributed by atoms with Crippen LogP contribution in [0.4, 0.5) is 0 Å². The van der Waals surface area contributed by atoms with Crippen LogP contribution >= 0.6 is 0 Å². The normalized spacial score (nSPS) is 22.7. The molecule has 0 aromatic heterocycles. The van der Waals surface area contributed by atoms with E-state index in [2.05, 4.69) is 36.0 Å². The Morgan fingerprint density at radius 3 is 2.60 bits per heavy atom. The molecule has 4 heteroatoms. The van der Waals surface area contributed by atoms with Crippen molar-refractivity contribution in [3.63, 3.8) is 0 Å². The molecule has 0 aliphatic carbocycles. The van der Waals surface area contributed by atoms with E-state index in [1.54, 1.807) is 7.11 Å². The summed E-state index contributed by atoms with van der Waals surface area (Å²) in [6.45, 7) is 3.32. The van der Waals surface area contributed by atoms with Crippen LogP contribution in [0.25, 0.3) is 0 Å². The number of methoxy groups -OCH3 is 1. The predicted octanol–water partition coefficient (Wildman–Crippen LogP) is 1.20. The first kappa shape index (κ1) is 15.3. The number of nitrogens with two attached hydrogens (primary N) is 1. The molecule has 0 amide bonds.